The fourth-order valence-electron chi connectivity index (χ4n) is 4.67. The van der Waals surface area contributed by atoms with Crippen molar-refractivity contribution in [2.45, 2.75) is 77.3 Å². The van der Waals surface area contributed by atoms with Crippen LogP contribution in [0.25, 0.3) is 0 Å². The van der Waals surface area contributed by atoms with Crippen LogP contribution in [0, 0.1) is 6.92 Å². The van der Waals surface area contributed by atoms with Gasteiger partial charge in [0.2, 0.25) is 0 Å². The Balaban J connectivity index is 2.19. The first-order valence-corrected chi connectivity index (χ1v) is 12.8. The van der Waals surface area contributed by atoms with Gasteiger partial charge in [-0.05, 0) is 75.9 Å². The predicted molar refractivity (Wildman–Crippen MR) is 138 cm³/mol. The summed E-state index contributed by atoms with van der Waals surface area (Å²) in [5.74, 6) is 5.06. The van der Waals surface area contributed by atoms with E-state index in [1.54, 1.807) is 20.8 Å². The van der Waals surface area contributed by atoms with Gasteiger partial charge in [0.25, 0.3) is 0 Å². The van der Waals surface area contributed by atoms with Crippen LogP contribution in [-0.4, -0.2) is 18.2 Å². The molecular formula is C26H29F9N6O2. The number of benzene rings is 2. The molecule has 8 nitrogen and oxygen atoms in total. The maximum atomic E-state index is 14.1. The number of hydrogen-bond donors (Lipinski definition) is 3. The van der Waals surface area contributed by atoms with Crippen molar-refractivity contribution in [2.75, 3.05) is 16.9 Å². The average molecular weight is 629 g/mol. The molecule has 2 aromatic rings. The Morgan fingerprint density at radius 2 is 1.56 bits per heavy atom. The van der Waals surface area contributed by atoms with Gasteiger partial charge in [0.1, 0.15) is 5.60 Å². The number of carbonyl (C=O) groups excluding carboxylic acids is 1. The molecule has 0 aliphatic carbocycles. The molecule has 3 rings (SSSR count). The van der Waals surface area contributed by atoms with Crippen LogP contribution < -0.4 is 21.5 Å². The van der Waals surface area contributed by atoms with Crippen molar-refractivity contribution >= 4 is 17.5 Å². The predicted octanol–water partition coefficient (Wildman–Crippen LogP) is 8.07. The average Bonchev–Trinajstić information content (AvgIpc) is 3.03. The third-order valence-electron chi connectivity index (χ3n) is 6.46. The first-order valence-electron chi connectivity index (χ1n) is 12.8. The molecule has 43 heavy (non-hydrogen) atoms. The summed E-state index contributed by atoms with van der Waals surface area (Å²) in [6.07, 6.45) is -15.7. The van der Waals surface area contributed by atoms with Crippen LogP contribution >= 0.6 is 0 Å². The van der Waals surface area contributed by atoms with Gasteiger partial charge in [-0.3, -0.25) is 10.3 Å². The van der Waals surface area contributed by atoms with Crippen LogP contribution in [0.1, 0.15) is 73.0 Å². The van der Waals surface area contributed by atoms with Gasteiger partial charge < -0.3 is 15.9 Å². The van der Waals surface area contributed by atoms with Crippen LogP contribution in [0.4, 0.5) is 55.7 Å². The number of fused-ring (bicyclic) bond motifs is 1. The zero-order chi connectivity index (χ0) is 32.5. The Hall–Kier alpha value is -3.76. The number of nitrogens with zero attached hydrogens (tertiary/aromatic N) is 3. The zero-order valence-corrected chi connectivity index (χ0v) is 23.4. The molecule has 4 N–H and O–H groups in total. The number of amides is 1. The van der Waals surface area contributed by atoms with Gasteiger partial charge in [-0.25, -0.2) is 4.79 Å². The molecule has 0 bridgehead atoms. The van der Waals surface area contributed by atoms with Crippen molar-refractivity contribution in [1.82, 2.24) is 5.32 Å². The Bertz CT molecular complexity index is 1330. The summed E-state index contributed by atoms with van der Waals surface area (Å²) in [6, 6.07) is 0.846. The highest BCUT2D eigenvalue weighted by Gasteiger charge is 2.40. The SMILES string of the molecule is Cc1c(C(F)(F)F)cc2c(c1N/N=N\N)C(NCc1cc(C(F)(F)F)cc(C(F)(F)F)c1)CCCN2C(=O)OC(C)(C)C. The summed E-state index contributed by atoms with van der Waals surface area (Å²) in [4.78, 5) is 14.1. The van der Waals surface area contributed by atoms with Crippen molar-refractivity contribution in [3.8, 4) is 0 Å². The number of nitrogens with one attached hydrogen (secondary N) is 2. The molecule has 0 radical (unpaired) electrons. The lowest BCUT2D eigenvalue weighted by Crippen LogP contribution is -2.38. The Morgan fingerprint density at radius 3 is 2.05 bits per heavy atom. The van der Waals surface area contributed by atoms with E-state index in [0.29, 0.717) is 12.1 Å². The second-order valence-corrected chi connectivity index (χ2v) is 10.8. The molecule has 0 saturated heterocycles. The molecule has 0 spiro atoms. The fourth-order valence-corrected chi connectivity index (χ4v) is 4.67. The van der Waals surface area contributed by atoms with E-state index in [0.717, 1.165) is 17.9 Å². The normalized spacial score (nSPS) is 16.7. The monoisotopic (exact) mass is 628 g/mol. The van der Waals surface area contributed by atoms with Crippen molar-refractivity contribution in [1.29, 1.82) is 0 Å². The highest BCUT2D eigenvalue weighted by molar-refractivity contribution is 5.91. The molecule has 2 aromatic carbocycles. The minimum atomic E-state index is -5.08. The summed E-state index contributed by atoms with van der Waals surface area (Å²) >= 11 is 0. The summed E-state index contributed by atoms with van der Waals surface area (Å²) in [6.45, 7) is 5.15. The second-order valence-electron chi connectivity index (χ2n) is 10.8. The summed E-state index contributed by atoms with van der Waals surface area (Å²) < 4.78 is 128. The number of anilines is 2. The highest BCUT2D eigenvalue weighted by atomic mass is 19.4. The summed E-state index contributed by atoms with van der Waals surface area (Å²) in [5, 5.41) is 9.28. The van der Waals surface area contributed by atoms with E-state index in [2.05, 4.69) is 21.2 Å². The second kappa shape index (κ2) is 12.1. The Morgan fingerprint density at radius 1 is 0.977 bits per heavy atom. The van der Waals surface area contributed by atoms with Gasteiger partial charge in [-0.2, -0.15) is 39.5 Å². The quantitative estimate of drug-likeness (QED) is 0.135. The number of rotatable bonds is 5. The van der Waals surface area contributed by atoms with Gasteiger partial charge in [0.05, 0.1) is 28.1 Å². The smallest absolute Gasteiger partial charge is 0.416 e. The lowest BCUT2D eigenvalue weighted by molar-refractivity contribution is -0.143. The van der Waals surface area contributed by atoms with Crippen LogP contribution in [0.15, 0.2) is 34.7 Å². The van der Waals surface area contributed by atoms with Crippen molar-refractivity contribution in [3.05, 3.63) is 57.6 Å². The number of carbonyl (C=O) groups is 1. The number of hydrogen-bond acceptors (Lipinski definition) is 5. The molecule has 0 aromatic heterocycles. The molecule has 1 unspecified atom stereocenters. The molecule has 0 saturated carbocycles. The van der Waals surface area contributed by atoms with Gasteiger partial charge in [-0.15, -0.1) is 0 Å². The Kier molecular flexibility index (Phi) is 9.48. The number of alkyl halides is 9. The topological polar surface area (TPSA) is 104 Å². The third-order valence-corrected chi connectivity index (χ3v) is 6.46. The standard InChI is InChI=1S/C26H29F9N6O2/c1-13-17(26(33,34)35)11-19-20(21(13)38-40-39-36)18(6-5-7-41(19)22(42)43-23(2,3)4)37-12-14-8-15(24(27,28)29)10-16(9-14)25(30,31)32/h8-11,18,37H,5-7,12H2,1-4H3,(H2,36,40)(H,38,39). The van der Waals surface area contributed by atoms with Gasteiger partial charge in [-0.1, -0.05) is 10.4 Å². The molecule has 238 valence electrons. The molecule has 1 aliphatic heterocycles. The van der Waals surface area contributed by atoms with Crippen molar-refractivity contribution < 1.29 is 49.0 Å². The molecule has 17 heteroatoms. The molecular weight excluding hydrogens is 599 g/mol. The van der Waals surface area contributed by atoms with E-state index in [9.17, 15) is 44.3 Å². The zero-order valence-electron chi connectivity index (χ0n) is 23.4. The van der Waals surface area contributed by atoms with Crippen LogP contribution in [0.5, 0.6) is 0 Å². The van der Waals surface area contributed by atoms with Crippen LogP contribution in [-0.2, 0) is 29.8 Å². The summed E-state index contributed by atoms with van der Waals surface area (Å²) in [7, 11) is 0. The minimum absolute atomic E-state index is 0.00889. The molecule has 1 heterocycles. The van der Waals surface area contributed by atoms with Gasteiger partial charge in [0, 0.05) is 24.7 Å². The number of nitrogens with two attached hydrogens (primary N) is 1. The minimum Gasteiger partial charge on any atom is -0.443 e. The lowest BCUT2D eigenvalue weighted by atomic mass is 9.93. The van der Waals surface area contributed by atoms with E-state index in [1.165, 1.54) is 0 Å². The van der Waals surface area contributed by atoms with E-state index in [-0.39, 0.29) is 53.5 Å². The molecule has 1 aliphatic rings. The maximum Gasteiger partial charge on any atom is 0.416 e. The van der Waals surface area contributed by atoms with E-state index in [4.69, 9.17) is 10.6 Å². The van der Waals surface area contributed by atoms with E-state index in [1.807, 2.05) is 0 Å². The maximum absolute atomic E-state index is 14.1. The van der Waals surface area contributed by atoms with Crippen molar-refractivity contribution in [3.63, 3.8) is 0 Å². The Labute approximate surface area is 240 Å². The number of ether oxygens (including phenoxy) is 1. The fraction of sp³-hybridized carbons (Fsp3) is 0.500. The van der Waals surface area contributed by atoms with Crippen LogP contribution in [0.3, 0.4) is 0 Å². The third kappa shape index (κ3) is 8.20. The van der Waals surface area contributed by atoms with E-state index >= 15 is 0 Å². The van der Waals surface area contributed by atoms with Gasteiger partial charge in [0.15, 0.2) is 0 Å². The number of halogens is 9. The first kappa shape index (κ1) is 33.7. The van der Waals surface area contributed by atoms with Crippen LogP contribution in [0.2, 0.25) is 0 Å². The first-order chi connectivity index (χ1) is 19.6. The summed E-state index contributed by atoms with van der Waals surface area (Å²) in [5.41, 5.74) is -4.08. The van der Waals surface area contributed by atoms with Crippen molar-refractivity contribution in [2.24, 2.45) is 16.3 Å². The molecule has 1 atom stereocenters. The largest absolute Gasteiger partial charge is 0.443 e. The highest BCUT2D eigenvalue weighted by Crippen LogP contribution is 2.46. The lowest BCUT2D eigenvalue weighted by Gasteiger charge is -2.30. The van der Waals surface area contributed by atoms with Gasteiger partial charge >= 0.3 is 24.6 Å². The van der Waals surface area contributed by atoms with E-state index < -0.39 is 59.5 Å². The molecule has 0 fully saturated rings. The molecule has 1 amide bonds.